The Morgan fingerprint density at radius 3 is 2.50 bits per heavy atom. The van der Waals surface area contributed by atoms with Crippen LogP contribution in [0.4, 0.5) is 13.2 Å². The van der Waals surface area contributed by atoms with Gasteiger partial charge in [-0.1, -0.05) is 15.9 Å². The SMILES string of the molecule is Fc1ccc(Br)cc1C(F)(F)C1CC1. The molecule has 0 heterocycles. The van der Waals surface area contributed by atoms with Crippen LogP contribution in [0.25, 0.3) is 0 Å². The Morgan fingerprint density at radius 1 is 1.29 bits per heavy atom. The van der Waals surface area contributed by atoms with Gasteiger partial charge >= 0.3 is 0 Å². The molecular weight excluding hydrogens is 257 g/mol. The van der Waals surface area contributed by atoms with Crippen molar-refractivity contribution in [2.24, 2.45) is 5.92 Å². The van der Waals surface area contributed by atoms with Crippen molar-refractivity contribution < 1.29 is 13.2 Å². The fourth-order valence-corrected chi connectivity index (χ4v) is 1.78. The minimum Gasteiger partial charge on any atom is -0.206 e. The summed E-state index contributed by atoms with van der Waals surface area (Å²) in [6, 6.07) is 3.64. The Morgan fingerprint density at radius 2 is 1.93 bits per heavy atom. The maximum atomic E-state index is 13.5. The average molecular weight is 265 g/mol. The fourth-order valence-electron chi connectivity index (χ4n) is 1.42. The van der Waals surface area contributed by atoms with E-state index in [0.29, 0.717) is 17.3 Å². The van der Waals surface area contributed by atoms with Crippen LogP contribution in [0.15, 0.2) is 22.7 Å². The van der Waals surface area contributed by atoms with Crippen molar-refractivity contribution >= 4 is 15.9 Å². The lowest BCUT2D eigenvalue weighted by atomic mass is 10.0. The summed E-state index contributed by atoms with van der Waals surface area (Å²) in [5.74, 6) is -4.52. The van der Waals surface area contributed by atoms with Crippen LogP contribution in [-0.4, -0.2) is 0 Å². The molecule has 0 saturated heterocycles. The number of hydrogen-bond donors (Lipinski definition) is 0. The van der Waals surface area contributed by atoms with E-state index in [9.17, 15) is 13.2 Å². The molecular formula is C10H8BrF3. The lowest BCUT2D eigenvalue weighted by Crippen LogP contribution is -2.17. The van der Waals surface area contributed by atoms with E-state index in [4.69, 9.17) is 0 Å². The van der Waals surface area contributed by atoms with Crippen LogP contribution < -0.4 is 0 Å². The third-order valence-corrected chi connectivity index (χ3v) is 2.87. The first-order valence-corrected chi connectivity index (χ1v) is 5.14. The number of halogens is 4. The van der Waals surface area contributed by atoms with E-state index in [-0.39, 0.29) is 0 Å². The van der Waals surface area contributed by atoms with Gasteiger partial charge in [-0.3, -0.25) is 0 Å². The monoisotopic (exact) mass is 264 g/mol. The van der Waals surface area contributed by atoms with Crippen molar-refractivity contribution in [3.05, 3.63) is 34.1 Å². The van der Waals surface area contributed by atoms with E-state index >= 15 is 0 Å². The molecule has 0 unspecified atom stereocenters. The molecule has 1 aliphatic rings. The van der Waals surface area contributed by atoms with Gasteiger partial charge in [0.1, 0.15) is 5.82 Å². The molecule has 0 atom stereocenters. The molecule has 2 rings (SSSR count). The van der Waals surface area contributed by atoms with Gasteiger partial charge < -0.3 is 0 Å². The largest absolute Gasteiger partial charge is 0.278 e. The zero-order valence-corrected chi connectivity index (χ0v) is 8.82. The first-order chi connectivity index (χ1) is 6.51. The van der Waals surface area contributed by atoms with Crippen LogP contribution >= 0.6 is 15.9 Å². The van der Waals surface area contributed by atoms with E-state index in [2.05, 4.69) is 15.9 Å². The maximum absolute atomic E-state index is 13.5. The van der Waals surface area contributed by atoms with Gasteiger partial charge in [0.05, 0.1) is 5.56 Å². The molecule has 1 aromatic rings. The molecule has 76 valence electrons. The van der Waals surface area contributed by atoms with Gasteiger partial charge in [-0.05, 0) is 31.0 Å². The van der Waals surface area contributed by atoms with Gasteiger partial charge in [0, 0.05) is 10.4 Å². The minimum atomic E-state index is -3.02. The lowest BCUT2D eigenvalue weighted by molar-refractivity contribution is -0.0318. The molecule has 0 spiro atoms. The van der Waals surface area contributed by atoms with Gasteiger partial charge in [0.25, 0.3) is 5.92 Å². The van der Waals surface area contributed by atoms with Crippen molar-refractivity contribution in [3.63, 3.8) is 0 Å². The number of benzene rings is 1. The molecule has 0 nitrogen and oxygen atoms in total. The third-order valence-electron chi connectivity index (χ3n) is 2.38. The van der Waals surface area contributed by atoms with Gasteiger partial charge in [-0.25, -0.2) is 13.2 Å². The van der Waals surface area contributed by atoms with Gasteiger partial charge in [0.15, 0.2) is 0 Å². The smallest absolute Gasteiger partial charge is 0.206 e. The highest BCUT2D eigenvalue weighted by Gasteiger charge is 2.49. The lowest BCUT2D eigenvalue weighted by Gasteiger charge is -2.16. The summed E-state index contributed by atoms with van der Waals surface area (Å²) in [4.78, 5) is 0. The standard InChI is InChI=1S/C10H8BrF3/c11-7-3-4-9(12)8(5-7)10(13,14)6-1-2-6/h3-6H,1-2H2. The second kappa shape index (κ2) is 3.26. The fraction of sp³-hybridized carbons (Fsp3) is 0.400. The molecule has 0 aromatic heterocycles. The van der Waals surface area contributed by atoms with Crippen LogP contribution in [0.5, 0.6) is 0 Å². The van der Waals surface area contributed by atoms with Crippen molar-refractivity contribution in [1.29, 1.82) is 0 Å². The quantitative estimate of drug-likeness (QED) is 0.755. The zero-order valence-electron chi connectivity index (χ0n) is 7.24. The highest BCUT2D eigenvalue weighted by molar-refractivity contribution is 9.10. The van der Waals surface area contributed by atoms with E-state index in [1.54, 1.807) is 0 Å². The van der Waals surface area contributed by atoms with Gasteiger partial charge in [0.2, 0.25) is 0 Å². The molecule has 0 amide bonds. The number of rotatable bonds is 2. The maximum Gasteiger partial charge on any atom is 0.278 e. The van der Waals surface area contributed by atoms with Crippen molar-refractivity contribution in [2.45, 2.75) is 18.8 Å². The number of hydrogen-bond acceptors (Lipinski definition) is 0. The molecule has 0 N–H and O–H groups in total. The summed E-state index contributed by atoms with van der Waals surface area (Å²) >= 11 is 3.06. The highest BCUT2D eigenvalue weighted by Crippen LogP contribution is 2.50. The second-order valence-electron chi connectivity index (χ2n) is 3.52. The minimum absolute atomic E-state index is 0.481. The van der Waals surface area contributed by atoms with Crippen LogP contribution in [-0.2, 0) is 5.92 Å². The average Bonchev–Trinajstić information content (AvgIpc) is 2.91. The summed E-state index contributed by atoms with van der Waals surface area (Å²) in [5, 5.41) is 0. The van der Waals surface area contributed by atoms with Crippen LogP contribution in [0.1, 0.15) is 18.4 Å². The van der Waals surface area contributed by atoms with Crippen LogP contribution in [0.3, 0.4) is 0 Å². The van der Waals surface area contributed by atoms with E-state index in [1.165, 1.54) is 6.07 Å². The third kappa shape index (κ3) is 1.67. The van der Waals surface area contributed by atoms with Crippen LogP contribution in [0.2, 0.25) is 0 Å². The summed E-state index contributed by atoms with van der Waals surface area (Å²) in [5.41, 5.74) is -0.491. The second-order valence-corrected chi connectivity index (χ2v) is 4.44. The van der Waals surface area contributed by atoms with Crippen molar-refractivity contribution in [2.75, 3.05) is 0 Å². The van der Waals surface area contributed by atoms with Gasteiger partial charge in [-0.15, -0.1) is 0 Å². The Bertz CT molecular complexity index is 358. The Balaban J connectivity index is 2.43. The molecule has 0 bridgehead atoms. The Kier molecular flexibility index (Phi) is 2.33. The Labute approximate surface area is 88.2 Å². The van der Waals surface area contributed by atoms with E-state index < -0.39 is 23.2 Å². The first kappa shape index (κ1) is 10.0. The predicted molar refractivity (Wildman–Crippen MR) is 50.7 cm³/mol. The summed E-state index contributed by atoms with van der Waals surface area (Å²) < 4.78 is 40.7. The summed E-state index contributed by atoms with van der Waals surface area (Å²) in [7, 11) is 0. The first-order valence-electron chi connectivity index (χ1n) is 4.35. The summed E-state index contributed by atoms with van der Waals surface area (Å²) in [6.45, 7) is 0. The van der Waals surface area contributed by atoms with E-state index in [1.807, 2.05) is 0 Å². The Hall–Kier alpha value is -0.510. The van der Waals surface area contributed by atoms with E-state index in [0.717, 1.165) is 12.1 Å². The number of alkyl halides is 2. The molecule has 1 aliphatic carbocycles. The molecule has 0 aliphatic heterocycles. The zero-order chi connectivity index (χ0) is 10.3. The van der Waals surface area contributed by atoms with Crippen LogP contribution in [0, 0.1) is 11.7 Å². The van der Waals surface area contributed by atoms with Gasteiger partial charge in [-0.2, -0.15) is 0 Å². The summed E-state index contributed by atoms with van der Waals surface area (Å²) in [6.07, 6.45) is 0.970. The normalized spacial score (nSPS) is 17.1. The molecule has 1 saturated carbocycles. The van der Waals surface area contributed by atoms with Crippen molar-refractivity contribution in [1.82, 2.24) is 0 Å². The highest BCUT2D eigenvalue weighted by atomic mass is 79.9. The molecule has 1 aromatic carbocycles. The predicted octanol–water partition coefficient (Wildman–Crippen LogP) is 4.09. The molecule has 1 fully saturated rings. The molecule has 0 radical (unpaired) electrons. The molecule has 4 heteroatoms. The van der Waals surface area contributed by atoms with Crippen molar-refractivity contribution in [3.8, 4) is 0 Å². The molecule has 14 heavy (non-hydrogen) atoms. The topological polar surface area (TPSA) is 0 Å².